The summed E-state index contributed by atoms with van der Waals surface area (Å²) in [5, 5.41) is 0.614. The van der Waals surface area contributed by atoms with Gasteiger partial charge < -0.3 is 9.80 Å². The first-order valence-electron chi connectivity index (χ1n) is 9.60. The van der Waals surface area contributed by atoms with Crippen molar-refractivity contribution in [1.29, 1.82) is 0 Å². The normalized spacial score (nSPS) is 16.6. The molecule has 160 valence electrons. The summed E-state index contributed by atoms with van der Waals surface area (Å²) in [6.07, 6.45) is -3.17. The SMILES string of the molecule is CN(Cc1ccc(Cl)cc1)C(=O)C1CCCN1C(=O)Cc1ccc(C(F)(F)F)cc1. The Hall–Kier alpha value is -2.54. The van der Waals surface area contributed by atoms with E-state index in [-0.39, 0.29) is 18.2 Å². The number of carbonyl (C=O) groups excluding carboxylic acids is 2. The second kappa shape index (κ2) is 9.08. The molecule has 0 spiro atoms. The average Bonchev–Trinajstić information content (AvgIpc) is 3.19. The molecule has 1 unspecified atom stereocenters. The van der Waals surface area contributed by atoms with Gasteiger partial charge in [0, 0.05) is 25.2 Å². The van der Waals surface area contributed by atoms with Gasteiger partial charge in [-0.2, -0.15) is 13.2 Å². The second-order valence-electron chi connectivity index (χ2n) is 7.44. The highest BCUT2D eigenvalue weighted by molar-refractivity contribution is 6.30. The third-order valence-electron chi connectivity index (χ3n) is 5.20. The highest BCUT2D eigenvalue weighted by atomic mass is 35.5. The van der Waals surface area contributed by atoms with Crippen molar-refractivity contribution in [2.75, 3.05) is 13.6 Å². The highest BCUT2D eigenvalue weighted by Crippen LogP contribution is 2.29. The van der Waals surface area contributed by atoms with Crippen LogP contribution in [0.15, 0.2) is 48.5 Å². The fourth-order valence-corrected chi connectivity index (χ4v) is 3.73. The van der Waals surface area contributed by atoms with Crippen molar-refractivity contribution in [3.05, 3.63) is 70.2 Å². The molecular formula is C22H22ClF3N2O2. The van der Waals surface area contributed by atoms with E-state index in [4.69, 9.17) is 11.6 Å². The fourth-order valence-electron chi connectivity index (χ4n) is 3.61. The van der Waals surface area contributed by atoms with Crippen LogP contribution in [0.4, 0.5) is 13.2 Å². The molecule has 0 saturated carbocycles. The number of likely N-dealkylation sites (N-methyl/N-ethyl adjacent to an activating group) is 1. The van der Waals surface area contributed by atoms with Crippen LogP contribution in [0, 0.1) is 0 Å². The van der Waals surface area contributed by atoms with Gasteiger partial charge in [-0.05, 0) is 48.2 Å². The quantitative estimate of drug-likeness (QED) is 0.687. The van der Waals surface area contributed by atoms with Crippen molar-refractivity contribution in [3.8, 4) is 0 Å². The predicted molar refractivity (Wildman–Crippen MR) is 108 cm³/mol. The molecule has 1 heterocycles. The number of hydrogen-bond donors (Lipinski definition) is 0. The summed E-state index contributed by atoms with van der Waals surface area (Å²) in [5.41, 5.74) is 0.660. The number of benzene rings is 2. The number of likely N-dealkylation sites (tertiary alicyclic amines) is 1. The lowest BCUT2D eigenvalue weighted by atomic mass is 10.1. The van der Waals surface area contributed by atoms with E-state index in [1.54, 1.807) is 29.0 Å². The van der Waals surface area contributed by atoms with E-state index >= 15 is 0 Å². The molecule has 1 aliphatic heterocycles. The smallest absolute Gasteiger partial charge is 0.340 e. The third-order valence-corrected chi connectivity index (χ3v) is 5.46. The molecule has 0 N–H and O–H groups in total. The van der Waals surface area contributed by atoms with E-state index in [1.807, 2.05) is 12.1 Å². The third kappa shape index (κ3) is 5.33. The number of alkyl halides is 3. The zero-order valence-corrected chi connectivity index (χ0v) is 17.2. The zero-order valence-electron chi connectivity index (χ0n) is 16.5. The molecule has 0 aromatic heterocycles. The molecule has 3 rings (SSSR count). The minimum atomic E-state index is -4.41. The maximum Gasteiger partial charge on any atom is 0.416 e. The number of amides is 2. The number of hydrogen-bond acceptors (Lipinski definition) is 2. The van der Waals surface area contributed by atoms with Crippen LogP contribution in [-0.2, 0) is 28.7 Å². The number of carbonyl (C=O) groups is 2. The summed E-state index contributed by atoms with van der Waals surface area (Å²) in [7, 11) is 1.69. The molecule has 0 radical (unpaired) electrons. The first-order chi connectivity index (χ1) is 14.1. The maximum atomic E-state index is 12.9. The van der Waals surface area contributed by atoms with Crippen LogP contribution in [-0.4, -0.2) is 41.2 Å². The number of halogens is 4. The van der Waals surface area contributed by atoms with Gasteiger partial charge in [0.05, 0.1) is 12.0 Å². The van der Waals surface area contributed by atoms with Gasteiger partial charge in [0.15, 0.2) is 0 Å². The Balaban J connectivity index is 1.63. The van der Waals surface area contributed by atoms with Crippen molar-refractivity contribution in [1.82, 2.24) is 9.80 Å². The van der Waals surface area contributed by atoms with Crippen LogP contribution in [0.25, 0.3) is 0 Å². The fraction of sp³-hybridized carbons (Fsp3) is 0.364. The molecule has 4 nitrogen and oxygen atoms in total. The van der Waals surface area contributed by atoms with Crippen molar-refractivity contribution < 1.29 is 22.8 Å². The van der Waals surface area contributed by atoms with E-state index in [2.05, 4.69) is 0 Å². The summed E-state index contributed by atoms with van der Waals surface area (Å²) in [6.45, 7) is 0.859. The lowest BCUT2D eigenvalue weighted by molar-refractivity contribution is -0.143. The summed E-state index contributed by atoms with van der Waals surface area (Å²) in [4.78, 5) is 28.8. The molecule has 2 aromatic rings. The van der Waals surface area contributed by atoms with Gasteiger partial charge in [-0.25, -0.2) is 0 Å². The average molecular weight is 439 g/mol. The van der Waals surface area contributed by atoms with Crippen LogP contribution in [0.1, 0.15) is 29.5 Å². The predicted octanol–water partition coefficient (Wildman–Crippen LogP) is 4.55. The van der Waals surface area contributed by atoms with Gasteiger partial charge in [0.1, 0.15) is 6.04 Å². The van der Waals surface area contributed by atoms with Crippen LogP contribution >= 0.6 is 11.6 Å². The van der Waals surface area contributed by atoms with Crippen LogP contribution in [0.2, 0.25) is 5.02 Å². The Morgan fingerprint density at radius 1 is 1.07 bits per heavy atom. The van der Waals surface area contributed by atoms with Gasteiger partial charge in [-0.3, -0.25) is 9.59 Å². The van der Waals surface area contributed by atoms with Gasteiger partial charge in [-0.15, -0.1) is 0 Å². The van der Waals surface area contributed by atoms with Crippen molar-refractivity contribution in [2.45, 2.75) is 38.0 Å². The summed E-state index contributed by atoms with van der Waals surface area (Å²) in [6, 6.07) is 11.2. The van der Waals surface area contributed by atoms with Gasteiger partial charge in [-0.1, -0.05) is 35.9 Å². The Bertz CT molecular complexity index is 898. The van der Waals surface area contributed by atoms with Gasteiger partial charge >= 0.3 is 6.18 Å². The molecule has 0 aliphatic carbocycles. The van der Waals surface area contributed by atoms with Crippen molar-refractivity contribution in [3.63, 3.8) is 0 Å². The van der Waals surface area contributed by atoms with Crippen LogP contribution in [0.3, 0.4) is 0 Å². The van der Waals surface area contributed by atoms with E-state index in [0.717, 1.165) is 17.7 Å². The lowest BCUT2D eigenvalue weighted by Crippen LogP contribution is -2.46. The summed E-state index contributed by atoms with van der Waals surface area (Å²) >= 11 is 5.89. The highest BCUT2D eigenvalue weighted by Gasteiger charge is 2.35. The molecule has 0 bridgehead atoms. The molecule has 1 saturated heterocycles. The largest absolute Gasteiger partial charge is 0.416 e. The van der Waals surface area contributed by atoms with E-state index in [0.29, 0.717) is 36.5 Å². The topological polar surface area (TPSA) is 40.6 Å². The standard InChI is InChI=1S/C22H22ClF3N2O2/c1-27(14-16-6-10-18(23)11-7-16)21(30)19-3-2-12-28(19)20(29)13-15-4-8-17(9-5-15)22(24,25)26/h4-11,19H,2-3,12-14H2,1H3. The molecule has 1 fully saturated rings. The Labute approximate surface area is 178 Å². The molecule has 30 heavy (non-hydrogen) atoms. The molecule has 8 heteroatoms. The Morgan fingerprint density at radius 3 is 2.27 bits per heavy atom. The van der Waals surface area contributed by atoms with Gasteiger partial charge in [0.25, 0.3) is 0 Å². The van der Waals surface area contributed by atoms with E-state index < -0.39 is 17.8 Å². The van der Waals surface area contributed by atoms with E-state index in [9.17, 15) is 22.8 Å². The van der Waals surface area contributed by atoms with E-state index in [1.165, 1.54) is 12.1 Å². The molecule has 1 atom stereocenters. The van der Waals surface area contributed by atoms with Crippen LogP contribution in [0.5, 0.6) is 0 Å². The lowest BCUT2D eigenvalue weighted by Gasteiger charge is -2.28. The Morgan fingerprint density at radius 2 is 1.67 bits per heavy atom. The Kier molecular flexibility index (Phi) is 6.71. The number of rotatable bonds is 5. The maximum absolute atomic E-state index is 12.9. The van der Waals surface area contributed by atoms with Gasteiger partial charge in [0.2, 0.25) is 11.8 Å². The minimum absolute atomic E-state index is 0.0389. The summed E-state index contributed by atoms with van der Waals surface area (Å²) < 4.78 is 38.1. The van der Waals surface area contributed by atoms with Crippen molar-refractivity contribution in [2.24, 2.45) is 0 Å². The minimum Gasteiger partial charge on any atom is -0.340 e. The first kappa shape index (κ1) is 22.2. The molecule has 1 aliphatic rings. The molecule has 2 aromatic carbocycles. The monoisotopic (exact) mass is 438 g/mol. The van der Waals surface area contributed by atoms with Crippen molar-refractivity contribution >= 4 is 23.4 Å². The molecular weight excluding hydrogens is 417 g/mol. The number of nitrogens with zero attached hydrogens (tertiary/aromatic N) is 2. The summed E-state index contributed by atoms with van der Waals surface area (Å²) in [5.74, 6) is -0.409. The van der Waals surface area contributed by atoms with Crippen LogP contribution < -0.4 is 0 Å². The first-order valence-corrected chi connectivity index (χ1v) is 9.98. The molecule has 2 amide bonds. The zero-order chi connectivity index (χ0) is 21.9. The second-order valence-corrected chi connectivity index (χ2v) is 7.87.